The normalized spacial score (nSPS) is 11.9. The van der Waals surface area contributed by atoms with Crippen LogP contribution in [-0.4, -0.2) is 29.8 Å². The third kappa shape index (κ3) is 4.00. The van der Waals surface area contributed by atoms with Gasteiger partial charge in [-0.15, -0.1) is 0 Å². The molecule has 0 bridgehead atoms. The van der Waals surface area contributed by atoms with E-state index in [1.54, 1.807) is 12.1 Å². The number of carbonyl (C=O) groups is 2. The number of fused-ring (bicyclic) bond motifs is 1. The van der Waals surface area contributed by atoms with Crippen LogP contribution in [0.5, 0.6) is 11.5 Å². The quantitative estimate of drug-likeness (QED) is 0.636. The van der Waals surface area contributed by atoms with E-state index in [0.29, 0.717) is 23.6 Å². The van der Waals surface area contributed by atoms with E-state index in [-0.39, 0.29) is 19.3 Å². The van der Waals surface area contributed by atoms with Gasteiger partial charge in [0.15, 0.2) is 18.1 Å². The van der Waals surface area contributed by atoms with Gasteiger partial charge in [-0.2, -0.15) is 0 Å². The molecule has 7 heteroatoms. The maximum atomic E-state index is 12.5. The molecule has 4 rings (SSSR count). The Bertz CT molecular complexity index is 1090. The van der Waals surface area contributed by atoms with Gasteiger partial charge in [0.1, 0.15) is 0 Å². The Kier molecular flexibility index (Phi) is 5.43. The van der Waals surface area contributed by atoms with E-state index < -0.39 is 5.97 Å². The number of hydrogen-bond acceptors (Lipinski definition) is 5. The second-order valence-electron chi connectivity index (χ2n) is 7.00. The van der Waals surface area contributed by atoms with Crippen LogP contribution < -0.4 is 14.8 Å². The summed E-state index contributed by atoms with van der Waals surface area (Å²) in [6, 6.07) is 17.0. The number of carbonyl (C=O) groups excluding carboxylic acids is 2. The van der Waals surface area contributed by atoms with Crippen molar-refractivity contribution >= 4 is 11.9 Å². The summed E-state index contributed by atoms with van der Waals surface area (Å²) in [4.78, 5) is 24.6. The fourth-order valence-electron chi connectivity index (χ4n) is 3.46. The average Bonchev–Trinajstić information content (AvgIpc) is 3.34. The Morgan fingerprint density at radius 2 is 1.80 bits per heavy atom. The summed E-state index contributed by atoms with van der Waals surface area (Å²) in [5.74, 6) is 0.440. The Labute approximate surface area is 174 Å². The van der Waals surface area contributed by atoms with E-state index in [2.05, 4.69) is 5.32 Å². The first kappa shape index (κ1) is 19.6. The molecule has 1 aliphatic heterocycles. The van der Waals surface area contributed by atoms with Crippen molar-refractivity contribution < 1.29 is 23.8 Å². The van der Waals surface area contributed by atoms with Gasteiger partial charge in [0.05, 0.1) is 5.56 Å². The summed E-state index contributed by atoms with van der Waals surface area (Å²) in [5, 5.41) is 2.74. The Morgan fingerprint density at radius 3 is 2.60 bits per heavy atom. The number of aryl methyl sites for hydroxylation is 1. The molecule has 30 heavy (non-hydrogen) atoms. The second-order valence-corrected chi connectivity index (χ2v) is 7.00. The highest BCUT2D eigenvalue weighted by Crippen LogP contribution is 2.32. The standard InChI is InChI=1S/C23H22N2O5/c1-15-10-19(16(2)25(15)18-6-4-3-5-7-18)23(27)28-13-22(26)24-12-17-8-9-20-21(11-17)30-14-29-20/h3-11H,12-14H2,1-2H3,(H,24,26). The van der Waals surface area contributed by atoms with E-state index in [0.717, 1.165) is 22.6 Å². The monoisotopic (exact) mass is 406 g/mol. The second kappa shape index (κ2) is 8.32. The van der Waals surface area contributed by atoms with E-state index in [9.17, 15) is 9.59 Å². The highest BCUT2D eigenvalue weighted by molar-refractivity contribution is 5.93. The molecule has 0 fully saturated rings. The molecule has 3 aromatic rings. The molecule has 1 amide bonds. The molecule has 1 aliphatic rings. The molecular weight excluding hydrogens is 384 g/mol. The van der Waals surface area contributed by atoms with Crippen LogP contribution in [0.2, 0.25) is 0 Å². The molecule has 7 nitrogen and oxygen atoms in total. The molecule has 0 aliphatic carbocycles. The Hall–Kier alpha value is -3.74. The molecule has 0 saturated heterocycles. The molecule has 0 atom stereocenters. The number of hydrogen-bond donors (Lipinski definition) is 1. The van der Waals surface area contributed by atoms with Gasteiger partial charge in [-0.3, -0.25) is 4.79 Å². The van der Waals surface area contributed by atoms with Crippen LogP contribution in [0.1, 0.15) is 27.3 Å². The van der Waals surface area contributed by atoms with Gasteiger partial charge in [0.25, 0.3) is 5.91 Å². The van der Waals surface area contributed by atoms with Gasteiger partial charge in [0.2, 0.25) is 6.79 Å². The molecule has 0 unspecified atom stereocenters. The minimum absolute atomic E-state index is 0.200. The molecule has 0 radical (unpaired) electrons. The molecule has 1 aromatic heterocycles. The van der Waals surface area contributed by atoms with Crippen molar-refractivity contribution in [1.29, 1.82) is 0 Å². The number of nitrogens with one attached hydrogen (secondary N) is 1. The summed E-state index contributed by atoms with van der Waals surface area (Å²) in [7, 11) is 0. The lowest BCUT2D eigenvalue weighted by atomic mass is 10.2. The summed E-state index contributed by atoms with van der Waals surface area (Å²) in [6.07, 6.45) is 0. The van der Waals surface area contributed by atoms with Crippen molar-refractivity contribution in [2.24, 2.45) is 0 Å². The molecule has 2 heterocycles. The van der Waals surface area contributed by atoms with Crippen molar-refractivity contribution in [2.75, 3.05) is 13.4 Å². The third-order valence-corrected chi connectivity index (χ3v) is 4.93. The number of benzene rings is 2. The number of ether oxygens (including phenoxy) is 3. The van der Waals surface area contributed by atoms with E-state index in [1.807, 2.05) is 60.9 Å². The average molecular weight is 406 g/mol. The highest BCUT2D eigenvalue weighted by Gasteiger charge is 2.19. The number of aromatic nitrogens is 1. The number of rotatable bonds is 6. The van der Waals surface area contributed by atoms with Gasteiger partial charge in [0, 0.05) is 23.6 Å². The molecule has 0 saturated carbocycles. The van der Waals surface area contributed by atoms with E-state index in [1.165, 1.54) is 0 Å². The predicted octanol–water partition coefficient (Wildman–Crippen LogP) is 3.30. The van der Waals surface area contributed by atoms with Crippen LogP contribution in [0, 0.1) is 13.8 Å². The van der Waals surface area contributed by atoms with Crippen LogP contribution in [-0.2, 0) is 16.1 Å². The summed E-state index contributed by atoms with van der Waals surface area (Å²) in [5.41, 5.74) is 3.96. The Balaban J connectivity index is 1.34. The molecule has 154 valence electrons. The smallest absolute Gasteiger partial charge is 0.340 e. The molecular formula is C23H22N2O5. The van der Waals surface area contributed by atoms with Crippen LogP contribution >= 0.6 is 0 Å². The molecule has 0 spiro atoms. The maximum Gasteiger partial charge on any atom is 0.340 e. The minimum atomic E-state index is -0.525. The van der Waals surface area contributed by atoms with Gasteiger partial charge < -0.3 is 24.1 Å². The minimum Gasteiger partial charge on any atom is -0.454 e. The fraction of sp³-hybridized carbons (Fsp3) is 0.217. The van der Waals surface area contributed by atoms with Gasteiger partial charge in [-0.1, -0.05) is 24.3 Å². The third-order valence-electron chi connectivity index (χ3n) is 4.93. The van der Waals surface area contributed by atoms with Crippen LogP contribution in [0.3, 0.4) is 0 Å². The van der Waals surface area contributed by atoms with Crippen molar-refractivity contribution in [3.63, 3.8) is 0 Å². The molecule has 1 N–H and O–H groups in total. The van der Waals surface area contributed by atoms with Crippen molar-refractivity contribution in [3.8, 4) is 17.2 Å². The molecule has 2 aromatic carbocycles. The van der Waals surface area contributed by atoms with Gasteiger partial charge >= 0.3 is 5.97 Å². The summed E-state index contributed by atoms with van der Waals surface area (Å²) >= 11 is 0. The van der Waals surface area contributed by atoms with Crippen molar-refractivity contribution in [2.45, 2.75) is 20.4 Å². The van der Waals surface area contributed by atoms with Crippen LogP contribution in [0.15, 0.2) is 54.6 Å². The van der Waals surface area contributed by atoms with Crippen molar-refractivity contribution in [1.82, 2.24) is 9.88 Å². The highest BCUT2D eigenvalue weighted by atomic mass is 16.7. The number of esters is 1. The van der Waals surface area contributed by atoms with Crippen LogP contribution in [0.25, 0.3) is 5.69 Å². The summed E-state index contributed by atoms with van der Waals surface area (Å²) < 4.78 is 17.8. The first-order valence-electron chi connectivity index (χ1n) is 9.59. The first-order valence-corrected chi connectivity index (χ1v) is 9.59. The number of nitrogens with zero attached hydrogens (tertiary/aromatic N) is 1. The lowest BCUT2D eigenvalue weighted by Crippen LogP contribution is -2.28. The maximum absolute atomic E-state index is 12.5. The van der Waals surface area contributed by atoms with Gasteiger partial charge in [-0.05, 0) is 49.7 Å². The summed E-state index contributed by atoms with van der Waals surface area (Å²) in [6.45, 7) is 3.94. The largest absolute Gasteiger partial charge is 0.454 e. The Morgan fingerprint density at radius 1 is 1.03 bits per heavy atom. The van der Waals surface area contributed by atoms with Crippen molar-refractivity contribution in [3.05, 3.63) is 77.1 Å². The zero-order valence-corrected chi connectivity index (χ0v) is 16.8. The fourth-order valence-corrected chi connectivity index (χ4v) is 3.46. The van der Waals surface area contributed by atoms with Crippen LogP contribution in [0.4, 0.5) is 0 Å². The lowest BCUT2D eigenvalue weighted by Gasteiger charge is -2.10. The van der Waals surface area contributed by atoms with Gasteiger partial charge in [-0.25, -0.2) is 4.79 Å². The predicted molar refractivity (Wildman–Crippen MR) is 110 cm³/mol. The zero-order valence-electron chi connectivity index (χ0n) is 16.8. The van der Waals surface area contributed by atoms with E-state index >= 15 is 0 Å². The van der Waals surface area contributed by atoms with E-state index in [4.69, 9.17) is 14.2 Å². The zero-order chi connectivity index (χ0) is 21.1. The topological polar surface area (TPSA) is 78.8 Å². The first-order chi connectivity index (χ1) is 14.5. The SMILES string of the molecule is Cc1cc(C(=O)OCC(=O)NCc2ccc3c(c2)OCO3)c(C)n1-c1ccccc1. The number of para-hydroxylation sites is 1. The number of amides is 1. The lowest BCUT2D eigenvalue weighted by molar-refractivity contribution is -0.124.